The normalized spacial score (nSPS) is 10.9. The molecule has 0 N–H and O–H groups in total. The Morgan fingerprint density at radius 3 is 2.43 bits per heavy atom. The first-order valence-electron chi connectivity index (χ1n) is 2.02. The summed E-state index contributed by atoms with van der Waals surface area (Å²) in [5.74, 6) is 0.569. The van der Waals surface area contributed by atoms with Gasteiger partial charge in [-0.3, -0.25) is 0 Å². The molecular weight excluding hydrogens is 90.1 g/mol. The molecule has 0 aliphatic rings. The van der Waals surface area contributed by atoms with Crippen molar-refractivity contribution in [3.63, 3.8) is 0 Å². The van der Waals surface area contributed by atoms with E-state index in [1.54, 1.807) is 13.2 Å². The zero-order valence-electron chi connectivity index (χ0n) is 4.64. The van der Waals surface area contributed by atoms with E-state index in [1.165, 1.54) is 0 Å². The molecule has 0 aromatic rings. The molecule has 0 fully saturated rings. The van der Waals surface area contributed by atoms with Crippen molar-refractivity contribution in [2.45, 2.75) is 6.92 Å². The molecule has 0 radical (unpaired) electrons. The largest absolute Gasteiger partial charge is 0.481 e. The predicted molar refractivity (Wildman–Crippen MR) is 30.3 cm³/mol. The molecule has 40 valence electrons. The Hall–Kier alpha value is -0.790. The molecule has 0 rings (SSSR count). The number of rotatable bonds is 2. The molecule has 0 aromatic carbocycles. The highest BCUT2D eigenvalue weighted by Crippen LogP contribution is 1.91. The Morgan fingerprint density at radius 2 is 2.43 bits per heavy atom. The third-order valence-corrected chi connectivity index (χ3v) is 0.612. The van der Waals surface area contributed by atoms with E-state index in [1.807, 2.05) is 6.92 Å². The number of allylic oxidation sites excluding steroid dienone is 1. The molecule has 2 nitrogen and oxygen atoms in total. The maximum Gasteiger partial charge on any atom is 0.207 e. The van der Waals surface area contributed by atoms with Crippen LogP contribution in [-0.2, 0) is 4.74 Å². The van der Waals surface area contributed by atoms with E-state index in [0.29, 0.717) is 5.88 Å². The molecule has 0 bridgehead atoms. The van der Waals surface area contributed by atoms with Gasteiger partial charge >= 0.3 is 0 Å². The van der Waals surface area contributed by atoms with Gasteiger partial charge in [-0.05, 0) is 19.7 Å². The summed E-state index contributed by atoms with van der Waals surface area (Å²) >= 11 is 0. The van der Waals surface area contributed by atoms with E-state index >= 15 is 0 Å². The first-order chi connectivity index (χ1) is 3.35. The van der Waals surface area contributed by atoms with Crippen molar-refractivity contribution in [2.24, 2.45) is 4.99 Å². The van der Waals surface area contributed by atoms with Crippen LogP contribution in [0.2, 0.25) is 0 Å². The highest BCUT2D eigenvalue weighted by Gasteiger charge is 1.78. The fourth-order valence-corrected chi connectivity index (χ4v) is 0.274. The third kappa shape index (κ3) is 1.98. The summed E-state index contributed by atoms with van der Waals surface area (Å²) in [6.07, 6.45) is 1.74. The second-order valence-electron chi connectivity index (χ2n) is 0.989. The standard InChI is InChI=1S/C5H9NO/c1-4-5(6-2)7-3/h4H,2H2,1,3H3/b5-4+. The number of nitrogens with zero attached hydrogens (tertiary/aromatic N) is 1. The van der Waals surface area contributed by atoms with Gasteiger partial charge in [-0.2, -0.15) is 0 Å². The monoisotopic (exact) mass is 99.1 g/mol. The van der Waals surface area contributed by atoms with E-state index in [9.17, 15) is 0 Å². The minimum absolute atomic E-state index is 0.569. The van der Waals surface area contributed by atoms with Crippen LogP contribution in [0.25, 0.3) is 0 Å². The van der Waals surface area contributed by atoms with Gasteiger partial charge in [0, 0.05) is 0 Å². The lowest BCUT2D eigenvalue weighted by molar-refractivity contribution is 0.288. The highest BCUT2D eigenvalue weighted by atomic mass is 16.5. The molecule has 2 heteroatoms. The van der Waals surface area contributed by atoms with Gasteiger partial charge < -0.3 is 4.74 Å². The molecule has 0 atom stereocenters. The summed E-state index contributed by atoms with van der Waals surface area (Å²) in [4.78, 5) is 3.51. The number of hydrogen-bond acceptors (Lipinski definition) is 2. The van der Waals surface area contributed by atoms with Crippen molar-refractivity contribution in [1.29, 1.82) is 0 Å². The zero-order valence-corrected chi connectivity index (χ0v) is 4.64. The van der Waals surface area contributed by atoms with Crippen LogP contribution in [-0.4, -0.2) is 13.8 Å². The second-order valence-corrected chi connectivity index (χ2v) is 0.989. The van der Waals surface area contributed by atoms with Gasteiger partial charge in [0.2, 0.25) is 5.88 Å². The van der Waals surface area contributed by atoms with Crippen molar-refractivity contribution >= 4 is 6.72 Å². The van der Waals surface area contributed by atoms with Gasteiger partial charge in [0.05, 0.1) is 7.11 Å². The summed E-state index contributed by atoms with van der Waals surface area (Å²) in [7, 11) is 1.56. The lowest BCUT2D eigenvalue weighted by atomic mass is 10.7. The van der Waals surface area contributed by atoms with Crippen molar-refractivity contribution in [1.82, 2.24) is 0 Å². The van der Waals surface area contributed by atoms with Crippen LogP contribution >= 0.6 is 0 Å². The fourth-order valence-electron chi connectivity index (χ4n) is 0.274. The molecule has 0 aromatic heterocycles. The molecular formula is C5H9NO. The quantitative estimate of drug-likeness (QED) is 0.376. The van der Waals surface area contributed by atoms with Crippen molar-refractivity contribution in [2.75, 3.05) is 7.11 Å². The molecule has 0 unspecified atom stereocenters. The highest BCUT2D eigenvalue weighted by molar-refractivity contribution is 5.27. The summed E-state index contributed by atoms with van der Waals surface area (Å²) in [5.41, 5.74) is 0. The lowest BCUT2D eigenvalue weighted by Gasteiger charge is -1.92. The molecule has 0 saturated heterocycles. The molecule has 7 heavy (non-hydrogen) atoms. The Kier molecular flexibility index (Phi) is 3.02. The van der Waals surface area contributed by atoms with Crippen LogP contribution in [0.1, 0.15) is 6.92 Å². The Bertz CT molecular complexity index is 86.1. The van der Waals surface area contributed by atoms with Crippen LogP contribution in [0, 0.1) is 0 Å². The molecule has 0 spiro atoms. The van der Waals surface area contributed by atoms with Crippen LogP contribution in [0.15, 0.2) is 17.0 Å². The second kappa shape index (κ2) is 3.40. The first-order valence-corrected chi connectivity index (χ1v) is 2.02. The van der Waals surface area contributed by atoms with Gasteiger partial charge in [-0.25, -0.2) is 4.99 Å². The molecule has 0 saturated carbocycles. The van der Waals surface area contributed by atoms with Gasteiger partial charge in [0.1, 0.15) is 0 Å². The summed E-state index contributed by atoms with van der Waals surface area (Å²) in [6, 6.07) is 0. The Labute approximate surface area is 43.5 Å². The SMILES string of the molecule is C=N/C(=C\C)OC. The van der Waals surface area contributed by atoms with E-state index in [-0.39, 0.29) is 0 Å². The van der Waals surface area contributed by atoms with Crippen LogP contribution in [0.5, 0.6) is 0 Å². The topological polar surface area (TPSA) is 21.6 Å². The predicted octanol–water partition coefficient (Wildman–Crippen LogP) is 1.19. The minimum atomic E-state index is 0.569. The van der Waals surface area contributed by atoms with E-state index in [0.717, 1.165) is 0 Å². The third-order valence-electron chi connectivity index (χ3n) is 0.612. The smallest absolute Gasteiger partial charge is 0.207 e. The summed E-state index contributed by atoms with van der Waals surface area (Å²) < 4.78 is 4.68. The average Bonchev–Trinajstić information content (AvgIpc) is 1.72. The summed E-state index contributed by atoms with van der Waals surface area (Å²) in [6.45, 7) is 5.10. The van der Waals surface area contributed by atoms with Crippen LogP contribution in [0.4, 0.5) is 0 Å². The van der Waals surface area contributed by atoms with Crippen molar-refractivity contribution in [3.05, 3.63) is 12.0 Å². The van der Waals surface area contributed by atoms with Crippen molar-refractivity contribution < 1.29 is 4.74 Å². The lowest BCUT2D eigenvalue weighted by Crippen LogP contribution is -1.77. The van der Waals surface area contributed by atoms with Gasteiger partial charge in [-0.15, -0.1) is 0 Å². The van der Waals surface area contributed by atoms with E-state index < -0.39 is 0 Å². The van der Waals surface area contributed by atoms with Crippen LogP contribution in [0.3, 0.4) is 0 Å². The van der Waals surface area contributed by atoms with Crippen LogP contribution < -0.4 is 0 Å². The number of hydrogen-bond donors (Lipinski definition) is 0. The van der Waals surface area contributed by atoms with E-state index in [4.69, 9.17) is 0 Å². The summed E-state index contributed by atoms with van der Waals surface area (Å²) in [5, 5.41) is 0. The number of methoxy groups -OCH3 is 1. The Balaban J connectivity index is 3.60. The van der Waals surface area contributed by atoms with Crippen molar-refractivity contribution in [3.8, 4) is 0 Å². The first kappa shape index (κ1) is 6.21. The fraction of sp³-hybridized carbons (Fsp3) is 0.400. The average molecular weight is 99.1 g/mol. The van der Waals surface area contributed by atoms with E-state index in [2.05, 4.69) is 16.4 Å². The number of aliphatic imine (C=N–C) groups is 1. The molecule has 0 aliphatic carbocycles. The van der Waals surface area contributed by atoms with Gasteiger partial charge in [-0.1, -0.05) is 0 Å². The molecule has 0 heterocycles. The maximum atomic E-state index is 4.68. The molecule has 0 amide bonds. The maximum absolute atomic E-state index is 4.68. The zero-order chi connectivity index (χ0) is 5.70. The number of ether oxygens (including phenoxy) is 1. The minimum Gasteiger partial charge on any atom is -0.481 e. The Morgan fingerprint density at radius 1 is 1.86 bits per heavy atom. The van der Waals surface area contributed by atoms with Gasteiger partial charge in [0.15, 0.2) is 0 Å². The van der Waals surface area contributed by atoms with Gasteiger partial charge in [0.25, 0.3) is 0 Å². The molecule has 0 aliphatic heterocycles.